The predicted octanol–water partition coefficient (Wildman–Crippen LogP) is 16.3. The van der Waals surface area contributed by atoms with Crippen molar-refractivity contribution in [3.63, 3.8) is 0 Å². The SMILES string of the molecule is CC.CC(C)CCCCCCCCCCCCCCC(=O)O.CC(C)CCCCCCCCCCCCCCC(=O)OC(C)C.Cc1ccccc1. The number of carbonyl (C=O) groups excluding carboxylic acids is 1. The van der Waals surface area contributed by atoms with Crippen molar-refractivity contribution in [1.29, 1.82) is 0 Å². The van der Waals surface area contributed by atoms with E-state index >= 15 is 0 Å². The van der Waals surface area contributed by atoms with Crippen molar-refractivity contribution >= 4 is 11.9 Å². The molecule has 1 aromatic rings. The molecule has 0 aromatic heterocycles. The van der Waals surface area contributed by atoms with E-state index < -0.39 is 5.97 Å². The first kappa shape index (κ1) is 54.5. The van der Waals surface area contributed by atoms with Crippen LogP contribution in [-0.2, 0) is 14.3 Å². The lowest BCUT2D eigenvalue weighted by Gasteiger charge is -2.07. The standard InChI is InChI=1S/C21H42O2.C18H36O2.C7H8.C2H6/c1-19(2)17-15-13-11-9-7-5-6-8-10-12-14-16-18-21(22)23-20(3)4;1-17(2)15-13-11-9-7-5-3-4-6-8-10-12-14-16-18(19)20;1-7-5-3-2-4-6-7;1-2/h19-20H,5-18H2,1-4H3;17H,3-16H2,1-2H3,(H,19,20);2-6H,1H3;1-2H3. The summed E-state index contributed by atoms with van der Waals surface area (Å²) in [6.45, 7) is 19.1. The Hall–Kier alpha value is -1.84. The Morgan fingerprint density at radius 2 is 0.769 bits per heavy atom. The zero-order valence-corrected chi connectivity index (χ0v) is 36.6. The van der Waals surface area contributed by atoms with Crippen molar-refractivity contribution in [2.45, 2.75) is 248 Å². The monoisotopic (exact) mass is 733 g/mol. The third kappa shape index (κ3) is 54.9. The van der Waals surface area contributed by atoms with E-state index in [0.29, 0.717) is 12.8 Å². The molecule has 0 aliphatic carbocycles. The van der Waals surface area contributed by atoms with Crippen LogP contribution in [-0.4, -0.2) is 23.1 Å². The van der Waals surface area contributed by atoms with E-state index in [2.05, 4.69) is 46.8 Å². The fourth-order valence-corrected chi connectivity index (χ4v) is 6.04. The lowest BCUT2D eigenvalue weighted by Crippen LogP contribution is -2.10. The zero-order chi connectivity index (χ0) is 39.5. The van der Waals surface area contributed by atoms with Gasteiger partial charge in [0, 0.05) is 12.8 Å². The molecule has 0 aliphatic heterocycles. The van der Waals surface area contributed by atoms with Gasteiger partial charge in [-0.15, -0.1) is 0 Å². The van der Waals surface area contributed by atoms with Crippen LogP contribution in [0.25, 0.3) is 0 Å². The van der Waals surface area contributed by atoms with Crippen LogP contribution in [0.2, 0.25) is 0 Å². The Morgan fingerprint density at radius 3 is 1.02 bits per heavy atom. The molecular weight excluding hydrogens is 641 g/mol. The van der Waals surface area contributed by atoms with Gasteiger partial charge in [0.05, 0.1) is 6.10 Å². The molecule has 0 unspecified atom stereocenters. The van der Waals surface area contributed by atoms with E-state index in [9.17, 15) is 9.59 Å². The van der Waals surface area contributed by atoms with Gasteiger partial charge >= 0.3 is 11.9 Å². The molecule has 0 saturated carbocycles. The molecule has 1 N–H and O–H groups in total. The molecule has 4 nitrogen and oxygen atoms in total. The number of aryl methyl sites for hydroxylation is 1. The van der Waals surface area contributed by atoms with E-state index in [0.717, 1.165) is 31.1 Å². The molecule has 0 bridgehead atoms. The van der Waals surface area contributed by atoms with Crippen LogP contribution in [0.4, 0.5) is 0 Å². The van der Waals surface area contributed by atoms with Crippen molar-refractivity contribution < 1.29 is 19.4 Å². The minimum atomic E-state index is -0.654. The number of carbonyl (C=O) groups is 2. The van der Waals surface area contributed by atoms with Crippen molar-refractivity contribution in [3.8, 4) is 0 Å². The molecule has 0 amide bonds. The first-order chi connectivity index (χ1) is 25.0. The fraction of sp³-hybridized carbons (Fsp3) is 0.833. The maximum absolute atomic E-state index is 11.4. The van der Waals surface area contributed by atoms with Gasteiger partial charge in [-0.25, -0.2) is 0 Å². The number of ether oxygens (including phenoxy) is 1. The highest BCUT2D eigenvalue weighted by Gasteiger charge is 2.04. The fourth-order valence-electron chi connectivity index (χ4n) is 6.04. The van der Waals surface area contributed by atoms with Crippen molar-refractivity contribution in [3.05, 3.63) is 35.9 Å². The summed E-state index contributed by atoms with van der Waals surface area (Å²) in [5.41, 5.74) is 1.32. The third-order valence-electron chi connectivity index (χ3n) is 9.14. The summed E-state index contributed by atoms with van der Waals surface area (Å²) in [5, 5.41) is 8.52. The number of unbranched alkanes of at least 4 members (excludes halogenated alkanes) is 22. The van der Waals surface area contributed by atoms with Crippen LogP contribution in [0.3, 0.4) is 0 Å². The van der Waals surface area contributed by atoms with E-state index in [-0.39, 0.29) is 12.1 Å². The summed E-state index contributed by atoms with van der Waals surface area (Å²) >= 11 is 0. The number of aliphatic carboxylic acids is 1. The molecule has 0 saturated heterocycles. The summed E-state index contributed by atoms with van der Waals surface area (Å²) in [6, 6.07) is 10.3. The molecular formula is C48H92O4. The van der Waals surface area contributed by atoms with E-state index in [1.54, 1.807) is 0 Å². The number of carboxylic acids is 1. The Bertz CT molecular complexity index is 817. The molecule has 308 valence electrons. The average Bonchev–Trinajstić information content (AvgIpc) is 3.09. The van der Waals surface area contributed by atoms with E-state index in [1.165, 1.54) is 153 Å². The number of hydrogen-bond acceptors (Lipinski definition) is 3. The third-order valence-corrected chi connectivity index (χ3v) is 9.14. The largest absolute Gasteiger partial charge is 0.481 e. The van der Waals surface area contributed by atoms with Crippen molar-refractivity contribution in [2.24, 2.45) is 11.8 Å². The summed E-state index contributed by atoms with van der Waals surface area (Å²) in [5.74, 6) is 1.05. The first-order valence-corrected chi connectivity index (χ1v) is 22.5. The molecule has 0 radical (unpaired) electrons. The molecule has 0 atom stereocenters. The number of carboxylic acid groups (broad SMARTS) is 1. The molecule has 1 rings (SSSR count). The summed E-state index contributed by atoms with van der Waals surface area (Å²) in [7, 11) is 0. The number of hydrogen-bond donors (Lipinski definition) is 1. The van der Waals surface area contributed by atoms with Gasteiger partial charge in [-0.05, 0) is 45.4 Å². The number of benzene rings is 1. The Morgan fingerprint density at radius 1 is 0.481 bits per heavy atom. The molecule has 4 heteroatoms. The maximum Gasteiger partial charge on any atom is 0.306 e. The van der Waals surface area contributed by atoms with Crippen LogP contribution >= 0.6 is 0 Å². The molecule has 52 heavy (non-hydrogen) atoms. The van der Waals surface area contributed by atoms with Crippen molar-refractivity contribution in [1.82, 2.24) is 0 Å². The Labute approximate surface area is 326 Å². The lowest BCUT2D eigenvalue weighted by molar-refractivity contribution is -0.147. The normalized spacial score (nSPS) is 10.6. The second kappa shape index (κ2) is 45.3. The molecule has 0 aliphatic rings. The zero-order valence-electron chi connectivity index (χ0n) is 36.6. The lowest BCUT2D eigenvalue weighted by atomic mass is 10.0. The second-order valence-corrected chi connectivity index (χ2v) is 15.9. The van der Waals surface area contributed by atoms with Crippen LogP contribution in [0.1, 0.15) is 241 Å². The van der Waals surface area contributed by atoms with Gasteiger partial charge in [-0.1, -0.05) is 232 Å². The average molecular weight is 733 g/mol. The van der Waals surface area contributed by atoms with Gasteiger partial charge in [0.15, 0.2) is 0 Å². The predicted molar refractivity (Wildman–Crippen MR) is 230 cm³/mol. The summed E-state index contributed by atoms with van der Waals surface area (Å²) in [6.07, 6.45) is 35.4. The van der Waals surface area contributed by atoms with Gasteiger partial charge in [0.25, 0.3) is 0 Å². The molecule has 1 aromatic carbocycles. The topological polar surface area (TPSA) is 63.6 Å². The minimum Gasteiger partial charge on any atom is -0.481 e. The molecule has 0 heterocycles. The van der Waals surface area contributed by atoms with E-state index in [1.807, 2.05) is 45.9 Å². The van der Waals surface area contributed by atoms with Crippen LogP contribution < -0.4 is 0 Å². The van der Waals surface area contributed by atoms with Crippen LogP contribution in [0.5, 0.6) is 0 Å². The Kier molecular flexibility index (Phi) is 47.5. The molecule has 0 spiro atoms. The van der Waals surface area contributed by atoms with E-state index in [4.69, 9.17) is 9.84 Å². The summed E-state index contributed by atoms with van der Waals surface area (Å²) < 4.78 is 5.13. The van der Waals surface area contributed by atoms with Crippen LogP contribution in [0.15, 0.2) is 30.3 Å². The second-order valence-electron chi connectivity index (χ2n) is 15.9. The smallest absolute Gasteiger partial charge is 0.306 e. The van der Waals surface area contributed by atoms with Gasteiger partial charge in [0.1, 0.15) is 0 Å². The van der Waals surface area contributed by atoms with Gasteiger partial charge in [0.2, 0.25) is 0 Å². The van der Waals surface area contributed by atoms with Crippen molar-refractivity contribution in [2.75, 3.05) is 0 Å². The maximum atomic E-state index is 11.4. The van der Waals surface area contributed by atoms with Gasteiger partial charge in [-0.3, -0.25) is 9.59 Å². The molecule has 0 fully saturated rings. The Balaban J connectivity index is -0.000000749. The summed E-state index contributed by atoms with van der Waals surface area (Å²) in [4.78, 5) is 21.7. The highest BCUT2D eigenvalue weighted by Crippen LogP contribution is 2.16. The first-order valence-electron chi connectivity index (χ1n) is 22.5. The highest BCUT2D eigenvalue weighted by atomic mass is 16.5. The number of rotatable bonds is 31. The number of esters is 1. The van der Waals surface area contributed by atoms with Gasteiger partial charge in [-0.2, -0.15) is 0 Å². The van der Waals surface area contributed by atoms with Gasteiger partial charge < -0.3 is 9.84 Å². The minimum absolute atomic E-state index is 0.0257. The highest BCUT2D eigenvalue weighted by molar-refractivity contribution is 5.69. The quantitative estimate of drug-likeness (QED) is 0.0610. The van der Waals surface area contributed by atoms with Crippen LogP contribution in [0, 0.1) is 18.8 Å².